The third-order valence-electron chi connectivity index (χ3n) is 6.03. The Morgan fingerprint density at radius 2 is 1.91 bits per heavy atom. The Morgan fingerprint density at radius 3 is 2.67 bits per heavy atom. The van der Waals surface area contributed by atoms with Gasteiger partial charge in [0.25, 0.3) is 11.8 Å². The fraction of sp³-hybridized carbons (Fsp3) is 0.0968. The number of phenols is 1. The van der Waals surface area contributed by atoms with Crippen LogP contribution in [0.15, 0.2) is 105 Å². The summed E-state index contributed by atoms with van der Waals surface area (Å²) < 4.78 is 16.4. The van der Waals surface area contributed by atoms with Crippen molar-refractivity contribution in [2.75, 3.05) is 19.0 Å². The summed E-state index contributed by atoms with van der Waals surface area (Å²) in [5.41, 5.74) is 1.85. The number of carbonyl (C=O) groups excluding carboxylic acids is 2. The van der Waals surface area contributed by atoms with Gasteiger partial charge < -0.3 is 24.3 Å². The summed E-state index contributed by atoms with van der Waals surface area (Å²) in [6, 6.07) is 22.1. The lowest BCUT2D eigenvalue weighted by atomic mass is 10.2. The van der Waals surface area contributed by atoms with Crippen molar-refractivity contribution in [3.8, 4) is 17.2 Å². The molecule has 2 heterocycles. The number of benzene rings is 3. The van der Waals surface area contributed by atoms with Crippen molar-refractivity contribution in [1.29, 1.82) is 0 Å². The highest BCUT2D eigenvalue weighted by molar-refractivity contribution is 8.18. The maximum atomic E-state index is 13.5. The Labute approximate surface area is 256 Å². The van der Waals surface area contributed by atoms with Crippen molar-refractivity contribution >= 4 is 58.3 Å². The van der Waals surface area contributed by atoms with Crippen molar-refractivity contribution in [3.05, 3.63) is 112 Å². The summed E-state index contributed by atoms with van der Waals surface area (Å²) in [7, 11) is 1.46. The van der Waals surface area contributed by atoms with Crippen LogP contribution in [0.3, 0.4) is 0 Å². The molecule has 4 aromatic rings. The van der Waals surface area contributed by atoms with Crippen molar-refractivity contribution in [2.24, 2.45) is 10.2 Å². The van der Waals surface area contributed by atoms with Gasteiger partial charge in [-0.25, -0.2) is 0 Å². The number of aromatic hydroxyl groups is 1. The molecule has 0 aliphatic carbocycles. The molecule has 0 radical (unpaired) electrons. The molecular weight excluding hydrogens is 592 g/mol. The third-order valence-corrected chi connectivity index (χ3v) is 7.28. The molecule has 1 aromatic heterocycles. The topological polar surface area (TPSA) is 126 Å². The van der Waals surface area contributed by atoms with E-state index in [0.717, 1.165) is 11.8 Å². The summed E-state index contributed by atoms with van der Waals surface area (Å²) in [5, 5.41) is 22.0. The number of halogens is 1. The Balaban J connectivity index is 1.34. The maximum absolute atomic E-state index is 13.5. The number of carbonyl (C=O) groups is 2. The predicted octanol–water partition coefficient (Wildman–Crippen LogP) is 6.17. The zero-order chi connectivity index (χ0) is 30.2. The van der Waals surface area contributed by atoms with Crippen LogP contribution < -0.4 is 14.8 Å². The molecule has 1 saturated heterocycles. The smallest absolute Gasteiger partial charge is 0.267 e. The van der Waals surface area contributed by atoms with Gasteiger partial charge in [-0.1, -0.05) is 29.8 Å². The minimum Gasteiger partial charge on any atom is -0.504 e. The Bertz CT molecular complexity index is 1700. The molecule has 0 bridgehead atoms. The summed E-state index contributed by atoms with van der Waals surface area (Å²) in [4.78, 5) is 27.8. The van der Waals surface area contributed by atoms with Gasteiger partial charge in [-0.15, -0.1) is 5.10 Å². The van der Waals surface area contributed by atoms with Crippen molar-refractivity contribution in [3.63, 3.8) is 0 Å². The lowest BCUT2D eigenvalue weighted by Crippen LogP contribution is -2.28. The molecule has 12 heteroatoms. The highest BCUT2D eigenvalue weighted by Gasteiger charge is 2.34. The molecule has 0 atom stereocenters. The number of amidine groups is 1. The van der Waals surface area contributed by atoms with Crippen LogP contribution in [0.25, 0.3) is 6.08 Å². The van der Waals surface area contributed by atoms with E-state index in [1.807, 2.05) is 6.07 Å². The number of nitrogens with one attached hydrogen (secondary N) is 1. The van der Waals surface area contributed by atoms with E-state index in [2.05, 4.69) is 15.5 Å². The number of para-hydroxylation sites is 1. The molecule has 2 N–H and O–H groups in total. The number of hydrogen-bond acceptors (Lipinski definition) is 9. The molecule has 218 valence electrons. The maximum Gasteiger partial charge on any atom is 0.267 e. The van der Waals surface area contributed by atoms with E-state index in [9.17, 15) is 14.7 Å². The number of methoxy groups -OCH3 is 1. The van der Waals surface area contributed by atoms with E-state index < -0.39 is 0 Å². The Hall–Kier alpha value is -5.00. The van der Waals surface area contributed by atoms with Crippen LogP contribution in [0.2, 0.25) is 5.02 Å². The molecule has 3 aromatic carbocycles. The van der Waals surface area contributed by atoms with Gasteiger partial charge >= 0.3 is 0 Å². The minimum atomic E-state index is -0.348. The van der Waals surface area contributed by atoms with E-state index in [-0.39, 0.29) is 30.7 Å². The van der Waals surface area contributed by atoms with Gasteiger partial charge in [0.15, 0.2) is 23.3 Å². The number of nitrogens with zero attached hydrogens (tertiary/aromatic N) is 3. The Kier molecular flexibility index (Phi) is 9.45. The summed E-state index contributed by atoms with van der Waals surface area (Å²) in [6.45, 7) is -0.0848. The van der Waals surface area contributed by atoms with Gasteiger partial charge in [0, 0.05) is 16.3 Å². The van der Waals surface area contributed by atoms with E-state index in [1.54, 1.807) is 72.8 Å². The van der Waals surface area contributed by atoms with Crippen LogP contribution >= 0.6 is 23.4 Å². The molecule has 43 heavy (non-hydrogen) atoms. The number of amides is 2. The number of anilines is 1. The fourth-order valence-corrected chi connectivity index (χ4v) is 5.00. The third kappa shape index (κ3) is 7.64. The summed E-state index contributed by atoms with van der Waals surface area (Å²) in [6.07, 6.45) is 4.71. The largest absolute Gasteiger partial charge is 0.504 e. The SMILES string of the molecule is COc1cc(/C=N/N=C2\S/C(=C\c3ccccc3OCC(=O)Nc3ccc(Cl)cc3)C(=O)N2Cc2ccco2)ccc1O. The van der Waals surface area contributed by atoms with Crippen molar-refractivity contribution in [2.45, 2.75) is 6.54 Å². The second-order valence-corrected chi connectivity index (χ2v) is 10.5. The van der Waals surface area contributed by atoms with Gasteiger partial charge in [-0.2, -0.15) is 5.10 Å². The average molecular weight is 617 g/mol. The second kappa shape index (κ2) is 13.8. The van der Waals surface area contributed by atoms with E-state index in [1.165, 1.54) is 30.6 Å². The normalized spacial score (nSPS) is 15.0. The van der Waals surface area contributed by atoms with E-state index >= 15 is 0 Å². The quantitative estimate of drug-likeness (QED) is 0.124. The van der Waals surface area contributed by atoms with Crippen LogP contribution in [-0.4, -0.2) is 46.9 Å². The van der Waals surface area contributed by atoms with E-state index in [0.29, 0.717) is 49.2 Å². The summed E-state index contributed by atoms with van der Waals surface area (Å²) >= 11 is 7.05. The van der Waals surface area contributed by atoms with Crippen LogP contribution in [-0.2, 0) is 16.1 Å². The van der Waals surface area contributed by atoms with Gasteiger partial charge in [0.2, 0.25) is 0 Å². The molecule has 2 amide bonds. The van der Waals surface area contributed by atoms with Crippen LogP contribution in [0.5, 0.6) is 17.2 Å². The first-order chi connectivity index (χ1) is 20.9. The molecule has 5 rings (SSSR count). The molecule has 1 aliphatic rings. The van der Waals surface area contributed by atoms with Crippen molar-refractivity contribution < 1.29 is 28.6 Å². The van der Waals surface area contributed by atoms with Crippen LogP contribution in [0, 0.1) is 0 Å². The molecule has 0 unspecified atom stereocenters. The predicted molar refractivity (Wildman–Crippen MR) is 167 cm³/mol. The molecular formula is C31H25ClN4O6S. The van der Waals surface area contributed by atoms with Crippen LogP contribution in [0.1, 0.15) is 16.9 Å². The van der Waals surface area contributed by atoms with Crippen molar-refractivity contribution in [1.82, 2.24) is 4.90 Å². The molecule has 1 fully saturated rings. The summed E-state index contributed by atoms with van der Waals surface area (Å²) in [5.74, 6) is 0.669. The first-order valence-electron chi connectivity index (χ1n) is 12.9. The lowest BCUT2D eigenvalue weighted by Gasteiger charge is -2.12. The fourth-order valence-electron chi connectivity index (χ4n) is 3.95. The first-order valence-corrected chi connectivity index (χ1v) is 14.1. The zero-order valence-electron chi connectivity index (χ0n) is 22.8. The number of phenolic OH excluding ortho intramolecular Hbond substituents is 1. The Morgan fingerprint density at radius 1 is 1.09 bits per heavy atom. The number of rotatable bonds is 10. The lowest BCUT2D eigenvalue weighted by molar-refractivity contribution is -0.122. The van der Waals surface area contributed by atoms with Gasteiger partial charge in [-0.05, 0) is 84.1 Å². The number of ether oxygens (including phenoxy) is 2. The highest BCUT2D eigenvalue weighted by atomic mass is 35.5. The minimum absolute atomic E-state index is 0.00811. The van der Waals surface area contributed by atoms with Gasteiger partial charge in [0.05, 0.1) is 31.0 Å². The van der Waals surface area contributed by atoms with Crippen LogP contribution in [0.4, 0.5) is 5.69 Å². The van der Waals surface area contributed by atoms with Gasteiger partial charge in [0.1, 0.15) is 11.5 Å². The second-order valence-electron chi connectivity index (χ2n) is 9.02. The molecule has 10 nitrogen and oxygen atoms in total. The highest BCUT2D eigenvalue weighted by Crippen LogP contribution is 2.35. The molecule has 1 aliphatic heterocycles. The molecule has 0 spiro atoms. The monoisotopic (exact) mass is 616 g/mol. The van der Waals surface area contributed by atoms with E-state index in [4.69, 9.17) is 25.5 Å². The van der Waals surface area contributed by atoms with Gasteiger partial charge in [-0.3, -0.25) is 14.5 Å². The number of thioether (sulfide) groups is 1. The first kappa shape index (κ1) is 29.5. The number of furan rings is 1. The molecule has 0 saturated carbocycles. The average Bonchev–Trinajstić information content (AvgIpc) is 3.63. The standard InChI is InChI=1S/C31H25ClN4O6S/c1-40-27-15-20(8-13-25(27)37)17-33-35-31-36(18-24-6-4-14-41-24)30(39)28(43-31)16-21-5-2-3-7-26(21)42-19-29(38)34-23-11-9-22(32)10-12-23/h2-17,37H,18-19H2,1H3,(H,34,38)/b28-16-,33-17+,35-31-. The zero-order valence-corrected chi connectivity index (χ0v) is 24.3. The number of hydrogen-bond donors (Lipinski definition) is 2.